The van der Waals surface area contributed by atoms with E-state index >= 15 is 0 Å². The van der Waals surface area contributed by atoms with Crippen molar-refractivity contribution in [3.63, 3.8) is 0 Å². The number of nitrogens with zero attached hydrogens (tertiary/aromatic N) is 1. The van der Waals surface area contributed by atoms with Gasteiger partial charge in [0.25, 0.3) is 5.91 Å². The third kappa shape index (κ3) is 3.20. The van der Waals surface area contributed by atoms with Gasteiger partial charge in [0.15, 0.2) is 0 Å². The highest BCUT2D eigenvalue weighted by Gasteiger charge is 2.17. The van der Waals surface area contributed by atoms with Crippen molar-refractivity contribution in [2.45, 2.75) is 26.3 Å². The van der Waals surface area contributed by atoms with Crippen molar-refractivity contribution in [2.75, 3.05) is 0 Å². The molecule has 1 unspecified atom stereocenters. The zero-order valence-corrected chi connectivity index (χ0v) is 11.6. The number of pyridine rings is 1. The van der Waals surface area contributed by atoms with E-state index in [1.165, 1.54) is 12.3 Å². The Bertz CT molecular complexity index is 596. The molecule has 0 radical (unpaired) electrons. The Morgan fingerprint density at radius 1 is 1.30 bits per heavy atom. The number of aromatic nitrogens is 1. The summed E-state index contributed by atoms with van der Waals surface area (Å²) in [6, 6.07) is 10.8. The van der Waals surface area contributed by atoms with Gasteiger partial charge in [0.05, 0.1) is 11.6 Å². The Morgan fingerprint density at radius 2 is 2.00 bits per heavy atom. The predicted molar refractivity (Wildman–Crippen MR) is 75.9 cm³/mol. The molecule has 0 bridgehead atoms. The van der Waals surface area contributed by atoms with E-state index in [-0.39, 0.29) is 11.6 Å². The molecule has 1 aromatic heterocycles. The number of aryl methyl sites for hydroxylation is 1. The molecule has 4 heteroatoms. The van der Waals surface area contributed by atoms with Crippen LogP contribution in [0.25, 0.3) is 0 Å². The molecule has 2 rings (SSSR count). The molecule has 0 saturated carbocycles. The van der Waals surface area contributed by atoms with E-state index in [9.17, 15) is 9.18 Å². The Kier molecular flexibility index (Phi) is 4.45. The molecule has 104 valence electrons. The maximum atomic E-state index is 13.5. The molecule has 1 aromatic carbocycles. The number of carbonyl (C=O) groups excluding carboxylic acids is 1. The fourth-order valence-corrected chi connectivity index (χ4v) is 2.01. The highest BCUT2D eigenvalue weighted by molar-refractivity contribution is 5.94. The van der Waals surface area contributed by atoms with Crippen molar-refractivity contribution in [3.8, 4) is 0 Å². The van der Waals surface area contributed by atoms with Crippen LogP contribution in [0.2, 0.25) is 0 Å². The molecule has 1 atom stereocenters. The molecule has 0 aliphatic heterocycles. The Morgan fingerprint density at radius 3 is 2.60 bits per heavy atom. The third-order valence-corrected chi connectivity index (χ3v) is 3.20. The first kappa shape index (κ1) is 14.2. The van der Waals surface area contributed by atoms with Crippen molar-refractivity contribution in [1.29, 1.82) is 0 Å². The van der Waals surface area contributed by atoms with E-state index in [1.54, 1.807) is 6.07 Å². The summed E-state index contributed by atoms with van der Waals surface area (Å²) >= 11 is 0. The van der Waals surface area contributed by atoms with Crippen molar-refractivity contribution in [1.82, 2.24) is 10.3 Å². The number of amides is 1. The van der Waals surface area contributed by atoms with Crippen LogP contribution >= 0.6 is 0 Å². The summed E-state index contributed by atoms with van der Waals surface area (Å²) in [5.74, 6) is -1.19. The van der Waals surface area contributed by atoms with Gasteiger partial charge in [-0.3, -0.25) is 4.79 Å². The van der Waals surface area contributed by atoms with Gasteiger partial charge in [0.2, 0.25) is 5.95 Å². The molecule has 20 heavy (non-hydrogen) atoms. The van der Waals surface area contributed by atoms with Gasteiger partial charge < -0.3 is 5.32 Å². The first-order chi connectivity index (χ1) is 9.61. The smallest absolute Gasteiger partial charge is 0.256 e. The first-order valence-electron chi connectivity index (χ1n) is 6.59. The number of hydrogen-bond acceptors (Lipinski definition) is 2. The van der Waals surface area contributed by atoms with Crippen molar-refractivity contribution in [3.05, 3.63) is 65.2 Å². The summed E-state index contributed by atoms with van der Waals surface area (Å²) in [6.07, 6.45) is 2.06. The zero-order valence-electron chi connectivity index (χ0n) is 11.6. The summed E-state index contributed by atoms with van der Waals surface area (Å²) in [5.41, 5.74) is 2.14. The van der Waals surface area contributed by atoms with Crippen LogP contribution in [0, 0.1) is 12.9 Å². The Balaban J connectivity index is 2.16. The van der Waals surface area contributed by atoms with Crippen LogP contribution in [0.1, 0.15) is 40.9 Å². The maximum Gasteiger partial charge on any atom is 0.256 e. The van der Waals surface area contributed by atoms with Gasteiger partial charge in [-0.15, -0.1) is 0 Å². The predicted octanol–water partition coefficient (Wildman–Crippen LogP) is 3.41. The monoisotopic (exact) mass is 272 g/mol. The van der Waals surface area contributed by atoms with Gasteiger partial charge in [0.1, 0.15) is 0 Å². The molecular formula is C16H17FN2O. The van der Waals surface area contributed by atoms with Crippen LogP contribution in [0.3, 0.4) is 0 Å². The topological polar surface area (TPSA) is 42.0 Å². The lowest BCUT2D eigenvalue weighted by atomic mass is 10.0. The van der Waals surface area contributed by atoms with Crippen LogP contribution in [-0.2, 0) is 0 Å². The second-order valence-electron chi connectivity index (χ2n) is 4.69. The number of benzene rings is 1. The van der Waals surface area contributed by atoms with Gasteiger partial charge in [-0.1, -0.05) is 36.8 Å². The lowest BCUT2D eigenvalue weighted by Gasteiger charge is -2.17. The average molecular weight is 272 g/mol. The van der Waals surface area contributed by atoms with E-state index in [0.29, 0.717) is 0 Å². The standard InChI is InChI=1S/C16H17FN2O/c1-3-14(12-8-6-11(2)7-9-12)19-16(20)13-5-4-10-18-15(13)17/h4-10,14H,3H2,1-2H3,(H,19,20). The van der Waals surface area contributed by atoms with Gasteiger partial charge in [-0.25, -0.2) is 4.98 Å². The highest BCUT2D eigenvalue weighted by atomic mass is 19.1. The van der Waals surface area contributed by atoms with Crippen molar-refractivity contribution in [2.24, 2.45) is 0 Å². The van der Waals surface area contributed by atoms with E-state index in [0.717, 1.165) is 17.5 Å². The minimum absolute atomic E-state index is 0.0296. The van der Waals surface area contributed by atoms with Crippen LogP contribution in [0.15, 0.2) is 42.6 Å². The van der Waals surface area contributed by atoms with E-state index in [2.05, 4.69) is 10.3 Å². The molecule has 3 nitrogen and oxygen atoms in total. The summed E-state index contributed by atoms with van der Waals surface area (Å²) < 4.78 is 13.5. The van der Waals surface area contributed by atoms with Crippen LogP contribution in [0.5, 0.6) is 0 Å². The molecule has 1 heterocycles. The van der Waals surface area contributed by atoms with Crippen LogP contribution in [0.4, 0.5) is 4.39 Å². The molecule has 0 aliphatic rings. The highest BCUT2D eigenvalue weighted by Crippen LogP contribution is 2.18. The minimum Gasteiger partial charge on any atom is -0.345 e. The Hall–Kier alpha value is -2.23. The number of hydrogen-bond donors (Lipinski definition) is 1. The number of rotatable bonds is 4. The lowest BCUT2D eigenvalue weighted by molar-refractivity contribution is 0.0930. The van der Waals surface area contributed by atoms with Gasteiger partial charge in [-0.05, 0) is 31.0 Å². The summed E-state index contributed by atoms with van der Waals surface area (Å²) in [6.45, 7) is 3.98. The molecule has 0 saturated heterocycles. The molecule has 1 N–H and O–H groups in total. The average Bonchev–Trinajstić information content (AvgIpc) is 2.46. The fraction of sp³-hybridized carbons (Fsp3) is 0.250. The van der Waals surface area contributed by atoms with Gasteiger partial charge >= 0.3 is 0 Å². The van der Waals surface area contributed by atoms with Gasteiger partial charge in [0, 0.05) is 6.20 Å². The molecule has 0 fully saturated rings. The second-order valence-corrected chi connectivity index (χ2v) is 4.69. The molecule has 0 aliphatic carbocycles. The summed E-state index contributed by atoms with van der Waals surface area (Å²) in [5, 5.41) is 2.84. The number of halogens is 1. The largest absolute Gasteiger partial charge is 0.345 e. The number of carbonyl (C=O) groups is 1. The first-order valence-corrected chi connectivity index (χ1v) is 6.59. The normalized spacial score (nSPS) is 11.9. The Labute approximate surface area is 117 Å². The molecule has 2 aromatic rings. The fourth-order valence-electron chi connectivity index (χ4n) is 2.01. The summed E-state index contributed by atoms with van der Waals surface area (Å²) in [7, 11) is 0. The zero-order chi connectivity index (χ0) is 14.5. The number of nitrogens with one attached hydrogen (secondary N) is 1. The van der Waals surface area contributed by atoms with Crippen LogP contribution in [-0.4, -0.2) is 10.9 Å². The maximum absolute atomic E-state index is 13.5. The summed E-state index contributed by atoms with van der Waals surface area (Å²) in [4.78, 5) is 15.6. The van der Waals surface area contributed by atoms with E-state index < -0.39 is 11.9 Å². The van der Waals surface area contributed by atoms with Crippen molar-refractivity contribution < 1.29 is 9.18 Å². The molecular weight excluding hydrogens is 255 g/mol. The van der Waals surface area contributed by atoms with Gasteiger partial charge in [-0.2, -0.15) is 4.39 Å². The van der Waals surface area contributed by atoms with E-state index in [4.69, 9.17) is 0 Å². The lowest BCUT2D eigenvalue weighted by Crippen LogP contribution is -2.29. The molecule has 1 amide bonds. The van der Waals surface area contributed by atoms with E-state index in [1.807, 2.05) is 38.1 Å². The van der Waals surface area contributed by atoms with Crippen LogP contribution < -0.4 is 5.32 Å². The third-order valence-electron chi connectivity index (χ3n) is 3.20. The minimum atomic E-state index is -0.747. The van der Waals surface area contributed by atoms with Crippen molar-refractivity contribution >= 4 is 5.91 Å². The molecule has 0 spiro atoms. The second kappa shape index (κ2) is 6.28. The SMILES string of the molecule is CCC(NC(=O)c1cccnc1F)c1ccc(C)cc1. The quantitative estimate of drug-likeness (QED) is 0.867.